The highest BCUT2D eigenvalue weighted by Gasteiger charge is 2.53. The lowest BCUT2D eigenvalue weighted by molar-refractivity contribution is -0.126. The maximum absolute atomic E-state index is 13.8. The summed E-state index contributed by atoms with van der Waals surface area (Å²) in [5, 5.41) is 10.9. The zero-order chi connectivity index (χ0) is 24.0. The topological polar surface area (TPSA) is 53.9 Å². The molecule has 2 unspecified atom stereocenters. The van der Waals surface area contributed by atoms with E-state index in [-0.39, 0.29) is 11.8 Å². The molecule has 0 radical (unpaired) electrons. The van der Waals surface area contributed by atoms with Gasteiger partial charge in [-0.3, -0.25) is 4.79 Å². The van der Waals surface area contributed by atoms with E-state index in [0.29, 0.717) is 18.2 Å². The first-order chi connectivity index (χ1) is 15.8. The number of hydrogen-bond donors (Lipinski definition) is 1. The van der Waals surface area contributed by atoms with Gasteiger partial charge in [0.1, 0.15) is 5.54 Å². The van der Waals surface area contributed by atoms with E-state index in [1.165, 1.54) is 5.56 Å². The predicted octanol–water partition coefficient (Wildman–Crippen LogP) is 5.90. The zero-order valence-corrected chi connectivity index (χ0v) is 21.2. The summed E-state index contributed by atoms with van der Waals surface area (Å²) < 4.78 is 5.15. The normalized spacial score (nSPS) is 20.1. The first kappa shape index (κ1) is 25.3. The maximum atomic E-state index is 13.8. The Bertz CT molecular complexity index is 989. The van der Waals surface area contributed by atoms with E-state index in [1.807, 2.05) is 37.1 Å². The molecule has 5 nitrogen and oxygen atoms in total. The molecule has 1 N–H and O–H groups in total. The first-order valence-corrected chi connectivity index (χ1v) is 12.2. The van der Waals surface area contributed by atoms with Crippen LogP contribution in [0.25, 0.3) is 0 Å². The summed E-state index contributed by atoms with van der Waals surface area (Å²) in [6.45, 7) is 9.48. The van der Waals surface area contributed by atoms with Crippen molar-refractivity contribution in [1.82, 2.24) is 5.32 Å². The number of nitrogens with zero attached hydrogens (tertiary/aromatic N) is 2. The second kappa shape index (κ2) is 11.2. The number of carbonyl (C=O) groups excluding carboxylic acids is 1. The lowest BCUT2D eigenvalue weighted by atomic mass is 9.76. The molecule has 6 heteroatoms. The van der Waals surface area contributed by atoms with Gasteiger partial charge in [-0.1, -0.05) is 61.2 Å². The Hall–Kier alpha value is -2.37. The SMILES string of the molecule is CCCCC1C(c2ccc(C)cc2)=NN(c2ccc(Cl)cc2C)C1(C)C(=O)NCCCOC. The molecule has 0 fully saturated rings. The Morgan fingerprint density at radius 1 is 1.18 bits per heavy atom. The van der Waals surface area contributed by atoms with Crippen LogP contribution in [0.5, 0.6) is 0 Å². The maximum Gasteiger partial charge on any atom is 0.248 e. The lowest BCUT2D eigenvalue weighted by Gasteiger charge is -2.38. The van der Waals surface area contributed by atoms with Crippen LogP contribution in [0.1, 0.15) is 56.2 Å². The van der Waals surface area contributed by atoms with Crippen molar-refractivity contribution >= 4 is 28.9 Å². The number of benzene rings is 2. The molecule has 33 heavy (non-hydrogen) atoms. The molecule has 2 atom stereocenters. The number of ether oxygens (including phenoxy) is 1. The third kappa shape index (κ3) is 5.42. The summed E-state index contributed by atoms with van der Waals surface area (Å²) in [6.07, 6.45) is 3.73. The largest absolute Gasteiger partial charge is 0.385 e. The smallest absolute Gasteiger partial charge is 0.248 e. The van der Waals surface area contributed by atoms with Gasteiger partial charge >= 0.3 is 0 Å². The van der Waals surface area contributed by atoms with Gasteiger partial charge in [-0.25, -0.2) is 5.01 Å². The van der Waals surface area contributed by atoms with Crippen LogP contribution in [0.3, 0.4) is 0 Å². The van der Waals surface area contributed by atoms with Crippen molar-refractivity contribution in [2.24, 2.45) is 11.0 Å². The predicted molar refractivity (Wildman–Crippen MR) is 137 cm³/mol. The molecule has 1 amide bonds. The first-order valence-electron chi connectivity index (χ1n) is 11.8. The van der Waals surface area contributed by atoms with Crippen LogP contribution >= 0.6 is 11.6 Å². The number of nitrogens with one attached hydrogen (secondary N) is 1. The number of hydrogen-bond acceptors (Lipinski definition) is 4. The van der Waals surface area contributed by atoms with Crippen molar-refractivity contribution < 1.29 is 9.53 Å². The fourth-order valence-electron chi connectivity index (χ4n) is 4.52. The molecule has 1 heterocycles. The van der Waals surface area contributed by atoms with Crippen molar-refractivity contribution in [3.8, 4) is 0 Å². The number of amides is 1. The summed E-state index contributed by atoms with van der Waals surface area (Å²) in [6, 6.07) is 14.2. The number of anilines is 1. The molecule has 0 spiro atoms. The second-order valence-electron chi connectivity index (χ2n) is 9.04. The monoisotopic (exact) mass is 469 g/mol. The minimum absolute atomic E-state index is 0.0140. The molecule has 2 aromatic rings. The van der Waals surface area contributed by atoms with Crippen molar-refractivity contribution in [1.29, 1.82) is 0 Å². The highest BCUT2D eigenvalue weighted by atomic mass is 35.5. The van der Waals surface area contributed by atoms with Gasteiger partial charge < -0.3 is 10.1 Å². The molecule has 0 aliphatic carbocycles. The van der Waals surface area contributed by atoms with E-state index in [2.05, 4.69) is 43.4 Å². The quantitative estimate of drug-likeness (QED) is 0.441. The average Bonchev–Trinajstić information content (AvgIpc) is 3.09. The van der Waals surface area contributed by atoms with Gasteiger partial charge in [-0.2, -0.15) is 5.10 Å². The van der Waals surface area contributed by atoms with Crippen molar-refractivity contribution in [2.75, 3.05) is 25.3 Å². The summed E-state index contributed by atoms with van der Waals surface area (Å²) >= 11 is 6.25. The minimum atomic E-state index is -0.860. The van der Waals surface area contributed by atoms with Crippen LogP contribution in [0.4, 0.5) is 5.69 Å². The van der Waals surface area contributed by atoms with E-state index < -0.39 is 5.54 Å². The summed E-state index contributed by atoms with van der Waals surface area (Å²) in [5.41, 5.74) is 4.26. The summed E-state index contributed by atoms with van der Waals surface area (Å²) in [4.78, 5) is 13.8. The fourth-order valence-corrected chi connectivity index (χ4v) is 4.74. The van der Waals surface area contributed by atoms with Gasteiger partial charge in [0.05, 0.1) is 11.4 Å². The van der Waals surface area contributed by atoms with Crippen LogP contribution in [0, 0.1) is 19.8 Å². The molecule has 0 saturated carbocycles. The van der Waals surface area contributed by atoms with E-state index in [4.69, 9.17) is 21.4 Å². The summed E-state index contributed by atoms with van der Waals surface area (Å²) in [5.74, 6) is -0.0578. The molecule has 178 valence electrons. The van der Waals surface area contributed by atoms with Crippen LogP contribution < -0.4 is 10.3 Å². The number of rotatable bonds is 10. The summed E-state index contributed by atoms with van der Waals surface area (Å²) in [7, 11) is 1.67. The molecule has 3 rings (SSSR count). The highest BCUT2D eigenvalue weighted by molar-refractivity contribution is 6.30. The highest BCUT2D eigenvalue weighted by Crippen LogP contribution is 2.43. The Kier molecular flexibility index (Phi) is 8.55. The van der Waals surface area contributed by atoms with Crippen LogP contribution in [-0.4, -0.2) is 37.4 Å². The van der Waals surface area contributed by atoms with Gasteiger partial charge in [0.15, 0.2) is 0 Å². The molecule has 1 aliphatic rings. The number of carbonyl (C=O) groups is 1. The molecular formula is C27H36ClN3O2. The standard InChI is InChI=1S/C27H36ClN3O2/c1-6-7-9-23-25(21-12-10-19(2)11-13-21)30-31(24-15-14-22(28)18-20(24)3)27(23,4)26(32)29-16-8-17-33-5/h10-15,18,23H,6-9,16-17H2,1-5H3,(H,29,32). The fraction of sp³-hybridized carbons (Fsp3) is 0.481. The molecule has 1 aliphatic heterocycles. The van der Waals surface area contributed by atoms with Crippen molar-refractivity contribution in [3.63, 3.8) is 0 Å². The Balaban J connectivity index is 2.09. The Labute approximate surface area is 203 Å². The molecule has 0 aromatic heterocycles. The molecule has 2 aromatic carbocycles. The second-order valence-corrected chi connectivity index (χ2v) is 9.47. The van der Waals surface area contributed by atoms with Gasteiger partial charge in [0.2, 0.25) is 5.91 Å². The van der Waals surface area contributed by atoms with Crippen LogP contribution in [-0.2, 0) is 9.53 Å². The van der Waals surface area contributed by atoms with Gasteiger partial charge in [-0.05, 0) is 62.9 Å². The number of halogens is 1. The van der Waals surface area contributed by atoms with Crippen molar-refractivity contribution in [3.05, 3.63) is 64.2 Å². The van der Waals surface area contributed by atoms with E-state index in [0.717, 1.165) is 48.2 Å². The zero-order valence-electron chi connectivity index (χ0n) is 20.5. The van der Waals surface area contributed by atoms with E-state index in [1.54, 1.807) is 7.11 Å². The third-order valence-corrected chi connectivity index (χ3v) is 6.74. The minimum Gasteiger partial charge on any atom is -0.385 e. The van der Waals surface area contributed by atoms with Crippen molar-refractivity contribution in [2.45, 2.75) is 58.9 Å². The Morgan fingerprint density at radius 2 is 1.91 bits per heavy atom. The lowest BCUT2D eigenvalue weighted by Crippen LogP contribution is -2.58. The third-order valence-electron chi connectivity index (χ3n) is 6.51. The number of unbranched alkanes of at least 4 members (excludes halogenated alkanes) is 1. The van der Waals surface area contributed by atoms with E-state index in [9.17, 15) is 4.79 Å². The number of methoxy groups -OCH3 is 1. The van der Waals surface area contributed by atoms with E-state index >= 15 is 0 Å². The van der Waals surface area contributed by atoms with Crippen LogP contribution in [0.15, 0.2) is 47.6 Å². The number of hydrazone groups is 1. The van der Waals surface area contributed by atoms with Gasteiger partial charge in [-0.15, -0.1) is 0 Å². The number of aryl methyl sites for hydroxylation is 2. The Morgan fingerprint density at radius 3 is 2.55 bits per heavy atom. The molecule has 0 saturated heterocycles. The van der Waals surface area contributed by atoms with Gasteiger partial charge in [0.25, 0.3) is 0 Å². The molecule has 0 bridgehead atoms. The molecular weight excluding hydrogens is 434 g/mol. The van der Waals surface area contributed by atoms with Gasteiger partial charge in [0, 0.05) is 31.2 Å². The van der Waals surface area contributed by atoms with Crippen LogP contribution in [0.2, 0.25) is 5.02 Å². The average molecular weight is 470 g/mol.